The largest absolute Gasteiger partial charge is 0.356 e. The molecule has 110 valence electrons. The van der Waals surface area contributed by atoms with Crippen LogP contribution in [-0.2, 0) is 17.6 Å². The average Bonchev–Trinajstić information content (AvgIpc) is 2.54. The molecule has 0 aliphatic rings. The van der Waals surface area contributed by atoms with Crippen LogP contribution in [0.4, 0.5) is 0 Å². The number of aromatic nitrogens is 2. The third kappa shape index (κ3) is 6.17. The fourth-order valence-electron chi connectivity index (χ4n) is 2.11. The van der Waals surface area contributed by atoms with Crippen LogP contribution in [0.25, 0.3) is 0 Å². The zero-order valence-corrected chi connectivity index (χ0v) is 12.2. The Labute approximate surface area is 125 Å². The van der Waals surface area contributed by atoms with Gasteiger partial charge in [0.05, 0.1) is 0 Å². The predicted octanol–water partition coefficient (Wildman–Crippen LogP) is 2.55. The molecule has 0 aliphatic heterocycles. The fourth-order valence-corrected chi connectivity index (χ4v) is 2.11. The Bertz CT molecular complexity index is 528. The average molecular weight is 283 g/mol. The lowest BCUT2D eigenvalue weighted by atomic mass is 10.1. The molecule has 0 radical (unpaired) electrons. The molecule has 4 heteroatoms. The van der Waals surface area contributed by atoms with E-state index in [0.29, 0.717) is 13.0 Å². The lowest BCUT2D eigenvalue weighted by molar-refractivity contribution is -0.121. The fraction of sp³-hybridized carbons (Fsp3) is 0.353. The van der Waals surface area contributed by atoms with Crippen LogP contribution in [0.3, 0.4) is 0 Å². The third-order valence-electron chi connectivity index (χ3n) is 3.22. The summed E-state index contributed by atoms with van der Waals surface area (Å²) in [4.78, 5) is 20.2. The first kappa shape index (κ1) is 15.2. The molecule has 0 fully saturated rings. The first-order valence-corrected chi connectivity index (χ1v) is 7.41. The molecule has 2 aromatic heterocycles. The number of nitrogens with one attached hydrogen (secondary N) is 1. The van der Waals surface area contributed by atoms with E-state index in [1.165, 1.54) is 0 Å². The van der Waals surface area contributed by atoms with E-state index in [-0.39, 0.29) is 5.91 Å². The molecule has 2 aromatic rings. The molecule has 21 heavy (non-hydrogen) atoms. The lowest BCUT2D eigenvalue weighted by Gasteiger charge is -2.05. The van der Waals surface area contributed by atoms with Crippen LogP contribution in [-0.4, -0.2) is 22.4 Å². The number of pyridine rings is 2. The molecule has 1 N–H and O–H groups in total. The molecule has 0 bridgehead atoms. The zero-order valence-electron chi connectivity index (χ0n) is 12.2. The van der Waals surface area contributed by atoms with Crippen molar-refractivity contribution in [3.63, 3.8) is 0 Å². The molecule has 0 spiro atoms. The van der Waals surface area contributed by atoms with Crippen LogP contribution in [0.2, 0.25) is 0 Å². The summed E-state index contributed by atoms with van der Waals surface area (Å²) in [5, 5.41) is 2.95. The highest BCUT2D eigenvalue weighted by Crippen LogP contribution is 2.01. The smallest absolute Gasteiger partial charge is 0.220 e. The van der Waals surface area contributed by atoms with Gasteiger partial charge in [-0.3, -0.25) is 14.8 Å². The Balaban J connectivity index is 1.54. The summed E-state index contributed by atoms with van der Waals surface area (Å²) in [7, 11) is 0. The van der Waals surface area contributed by atoms with Gasteiger partial charge in [0.15, 0.2) is 0 Å². The van der Waals surface area contributed by atoms with Crippen LogP contribution < -0.4 is 5.32 Å². The summed E-state index contributed by atoms with van der Waals surface area (Å²) in [6.07, 6.45) is 7.64. The van der Waals surface area contributed by atoms with Gasteiger partial charge in [0, 0.05) is 36.7 Å². The summed E-state index contributed by atoms with van der Waals surface area (Å²) >= 11 is 0. The second-order valence-corrected chi connectivity index (χ2v) is 4.95. The molecule has 0 aliphatic carbocycles. The number of carbonyl (C=O) groups is 1. The highest BCUT2D eigenvalue weighted by Gasteiger charge is 2.02. The maximum absolute atomic E-state index is 11.7. The summed E-state index contributed by atoms with van der Waals surface area (Å²) in [6, 6.07) is 11.8. The molecular formula is C17H21N3O. The van der Waals surface area contributed by atoms with Gasteiger partial charge in [-0.2, -0.15) is 0 Å². The van der Waals surface area contributed by atoms with Crippen LogP contribution in [0.5, 0.6) is 0 Å². The molecule has 1 amide bonds. The van der Waals surface area contributed by atoms with Gasteiger partial charge in [0.25, 0.3) is 0 Å². The van der Waals surface area contributed by atoms with Crippen molar-refractivity contribution in [1.82, 2.24) is 15.3 Å². The minimum Gasteiger partial charge on any atom is -0.356 e. The molecule has 0 unspecified atom stereocenters. The Morgan fingerprint density at radius 1 is 0.905 bits per heavy atom. The molecule has 2 rings (SSSR count). The van der Waals surface area contributed by atoms with Crippen LogP contribution in [0.15, 0.2) is 48.8 Å². The van der Waals surface area contributed by atoms with Gasteiger partial charge in [0.2, 0.25) is 5.91 Å². The number of aryl methyl sites for hydroxylation is 2. The molecule has 0 saturated carbocycles. The van der Waals surface area contributed by atoms with Gasteiger partial charge in [-0.05, 0) is 49.9 Å². The Morgan fingerprint density at radius 3 is 2.10 bits per heavy atom. The first-order valence-electron chi connectivity index (χ1n) is 7.41. The highest BCUT2D eigenvalue weighted by atomic mass is 16.1. The van der Waals surface area contributed by atoms with Gasteiger partial charge in [-0.1, -0.05) is 12.1 Å². The number of hydrogen-bond donors (Lipinski definition) is 1. The van der Waals surface area contributed by atoms with Crippen LogP contribution >= 0.6 is 0 Å². The number of amides is 1. The minimum atomic E-state index is 0.118. The van der Waals surface area contributed by atoms with Crippen molar-refractivity contribution in [2.75, 3.05) is 6.54 Å². The number of nitrogens with zero attached hydrogens (tertiary/aromatic N) is 2. The van der Waals surface area contributed by atoms with E-state index in [1.54, 1.807) is 12.4 Å². The second kappa shape index (κ2) is 8.84. The molecule has 0 saturated heterocycles. The molecular weight excluding hydrogens is 262 g/mol. The van der Waals surface area contributed by atoms with E-state index < -0.39 is 0 Å². The highest BCUT2D eigenvalue weighted by molar-refractivity contribution is 5.75. The molecule has 0 atom stereocenters. The van der Waals surface area contributed by atoms with Gasteiger partial charge in [-0.15, -0.1) is 0 Å². The van der Waals surface area contributed by atoms with Crippen molar-refractivity contribution in [2.45, 2.75) is 32.1 Å². The third-order valence-corrected chi connectivity index (χ3v) is 3.22. The summed E-state index contributed by atoms with van der Waals surface area (Å²) < 4.78 is 0. The summed E-state index contributed by atoms with van der Waals surface area (Å²) in [5.41, 5.74) is 2.11. The number of hydrogen-bond acceptors (Lipinski definition) is 3. The van der Waals surface area contributed by atoms with E-state index in [0.717, 1.165) is 37.1 Å². The van der Waals surface area contributed by atoms with Gasteiger partial charge >= 0.3 is 0 Å². The SMILES string of the molecule is O=C(CCCc1ccccn1)NCCCc1ccccn1. The maximum atomic E-state index is 11.7. The maximum Gasteiger partial charge on any atom is 0.220 e. The topological polar surface area (TPSA) is 54.9 Å². The van der Waals surface area contributed by atoms with Gasteiger partial charge < -0.3 is 5.32 Å². The summed E-state index contributed by atoms with van der Waals surface area (Å²) in [6.45, 7) is 0.707. The summed E-state index contributed by atoms with van der Waals surface area (Å²) in [5.74, 6) is 0.118. The van der Waals surface area contributed by atoms with Gasteiger partial charge in [0.1, 0.15) is 0 Å². The number of rotatable bonds is 8. The first-order chi connectivity index (χ1) is 10.3. The molecule has 0 aromatic carbocycles. The monoisotopic (exact) mass is 283 g/mol. The molecule has 4 nitrogen and oxygen atoms in total. The van der Waals surface area contributed by atoms with Crippen LogP contribution in [0, 0.1) is 0 Å². The van der Waals surface area contributed by atoms with Crippen molar-refractivity contribution in [3.05, 3.63) is 60.2 Å². The van der Waals surface area contributed by atoms with Crippen molar-refractivity contribution < 1.29 is 4.79 Å². The van der Waals surface area contributed by atoms with Crippen molar-refractivity contribution in [2.24, 2.45) is 0 Å². The van der Waals surface area contributed by atoms with E-state index in [1.807, 2.05) is 36.4 Å². The van der Waals surface area contributed by atoms with Crippen molar-refractivity contribution in [1.29, 1.82) is 0 Å². The van der Waals surface area contributed by atoms with Crippen molar-refractivity contribution in [3.8, 4) is 0 Å². The Morgan fingerprint density at radius 2 is 1.52 bits per heavy atom. The normalized spacial score (nSPS) is 10.3. The van der Waals surface area contributed by atoms with E-state index in [4.69, 9.17) is 0 Å². The predicted molar refractivity (Wildman–Crippen MR) is 82.7 cm³/mol. The Kier molecular flexibility index (Phi) is 6.39. The van der Waals surface area contributed by atoms with Crippen molar-refractivity contribution >= 4 is 5.91 Å². The standard InChI is InChI=1S/C17H21N3O/c21-17(11-5-9-15-7-1-3-12-18-15)20-14-6-10-16-8-2-4-13-19-16/h1-4,7-8,12-13H,5-6,9-11,14H2,(H,20,21). The lowest BCUT2D eigenvalue weighted by Crippen LogP contribution is -2.24. The van der Waals surface area contributed by atoms with E-state index in [2.05, 4.69) is 15.3 Å². The second-order valence-electron chi connectivity index (χ2n) is 4.95. The van der Waals surface area contributed by atoms with Crippen LogP contribution in [0.1, 0.15) is 30.7 Å². The molecule has 2 heterocycles. The zero-order chi connectivity index (χ0) is 14.8. The quantitative estimate of drug-likeness (QED) is 0.757. The number of carbonyl (C=O) groups excluding carboxylic acids is 1. The van der Waals surface area contributed by atoms with E-state index in [9.17, 15) is 4.79 Å². The van der Waals surface area contributed by atoms with Gasteiger partial charge in [-0.25, -0.2) is 0 Å². The minimum absolute atomic E-state index is 0.118. The van der Waals surface area contributed by atoms with E-state index >= 15 is 0 Å². The Hall–Kier alpha value is -2.23.